The smallest absolute Gasteiger partial charge is 0.0406 e. The SMILES string of the molecule is CC1CCC(C(N)c2ccc(Cl)cc2)C1. The van der Waals surface area contributed by atoms with Crippen LogP contribution in [0.5, 0.6) is 0 Å². The molecule has 1 aliphatic carbocycles. The van der Waals surface area contributed by atoms with Gasteiger partial charge in [-0.05, 0) is 42.4 Å². The van der Waals surface area contributed by atoms with E-state index in [0.29, 0.717) is 5.92 Å². The van der Waals surface area contributed by atoms with E-state index in [0.717, 1.165) is 10.9 Å². The molecule has 1 fully saturated rings. The lowest BCUT2D eigenvalue weighted by Gasteiger charge is -2.19. The average Bonchev–Trinajstić information content (AvgIpc) is 2.65. The third kappa shape index (κ3) is 2.53. The zero-order valence-corrected chi connectivity index (χ0v) is 9.87. The molecule has 1 saturated carbocycles. The van der Waals surface area contributed by atoms with Crippen LogP contribution in [-0.2, 0) is 0 Å². The van der Waals surface area contributed by atoms with Crippen molar-refractivity contribution < 1.29 is 0 Å². The third-order valence-electron chi connectivity index (χ3n) is 3.50. The van der Waals surface area contributed by atoms with Crippen molar-refractivity contribution in [3.63, 3.8) is 0 Å². The Hall–Kier alpha value is -0.530. The Balaban J connectivity index is 2.07. The number of halogens is 1. The van der Waals surface area contributed by atoms with Gasteiger partial charge in [-0.2, -0.15) is 0 Å². The summed E-state index contributed by atoms with van der Waals surface area (Å²) in [7, 11) is 0. The maximum Gasteiger partial charge on any atom is 0.0406 e. The highest BCUT2D eigenvalue weighted by molar-refractivity contribution is 6.30. The molecule has 2 rings (SSSR count). The summed E-state index contributed by atoms with van der Waals surface area (Å²) in [5.41, 5.74) is 7.49. The van der Waals surface area contributed by atoms with Gasteiger partial charge in [-0.15, -0.1) is 0 Å². The molecule has 1 nitrogen and oxygen atoms in total. The van der Waals surface area contributed by atoms with Crippen LogP contribution in [0.2, 0.25) is 5.02 Å². The topological polar surface area (TPSA) is 26.0 Å². The summed E-state index contributed by atoms with van der Waals surface area (Å²) < 4.78 is 0. The zero-order valence-electron chi connectivity index (χ0n) is 9.12. The maximum absolute atomic E-state index is 6.27. The summed E-state index contributed by atoms with van der Waals surface area (Å²) in [6.45, 7) is 2.31. The molecule has 0 aromatic heterocycles. The van der Waals surface area contributed by atoms with Crippen LogP contribution >= 0.6 is 11.6 Å². The summed E-state index contributed by atoms with van der Waals surface area (Å²) in [6, 6.07) is 8.14. The van der Waals surface area contributed by atoms with Crippen molar-refractivity contribution in [3.8, 4) is 0 Å². The highest BCUT2D eigenvalue weighted by atomic mass is 35.5. The van der Waals surface area contributed by atoms with Crippen LogP contribution in [0.4, 0.5) is 0 Å². The molecule has 0 bridgehead atoms. The second-order valence-corrected chi connectivity index (χ2v) is 5.19. The number of hydrogen-bond acceptors (Lipinski definition) is 1. The molecule has 0 aliphatic heterocycles. The molecule has 0 heterocycles. The van der Waals surface area contributed by atoms with Crippen LogP contribution in [0, 0.1) is 11.8 Å². The molecule has 0 radical (unpaired) electrons. The summed E-state index contributed by atoms with van der Waals surface area (Å²) in [6.07, 6.45) is 3.86. The van der Waals surface area contributed by atoms with E-state index in [1.165, 1.54) is 24.8 Å². The van der Waals surface area contributed by atoms with Gasteiger partial charge in [-0.3, -0.25) is 0 Å². The Morgan fingerprint density at radius 3 is 2.47 bits per heavy atom. The molecule has 82 valence electrons. The van der Waals surface area contributed by atoms with Crippen molar-refractivity contribution >= 4 is 11.6 Å². The fourth-order valence-corrected chi connectivity index (χ4v) is 2.66. The Morgan fingerprint density at radius 1 is 1.27 bits per heavy atom. The predicted octanol–water partition coefficient (Wildman–Crippen LogP) is 3.78. The second-order valence-electron chi connectivity index (χ2n) is 4.76. The quantitative estimate of drug-likeness (QED) is 0.812. The molecule has 3 atom stereocenters. The van der Waals surface area contributed by atoms with Crippen LogP contribution in [0.25, 0.3) is 0 Å². The minimum Gasteiger partial charge on any atom is -0.324 e. The van der Waals surface area contributed by atoms with E-state index in [1.807, 2.05) is 12.1 Å². The van der Waals surface area contributed by atoms with Crippen LogP contribution in [0.3, 0.4) is 0 Å². The fourth-order valence-electron chi connectivity index (χ4n) is 2.53. The number of nitrogens with two attached hydrogens (primary N) is 1. The lowest BCUT2D eigenvalue weighted by molar-refractivity contribution is 0.429. The van der Waals surface area contributed by atoms with E-state index in [1.54, 1.807) is 0 Å². The minimum absolute atomic E-state index is 0.187. The van der Waals surface area contributed by atoms with Crippen LogP contribution in [0.1, 0.15) is 37.8 Å². The molecule has 1 aromatic carbocycles. The van der Waals surface area contributed by atoms with E-state index >= 15 is 0 Å². The van der Waals surface area contributed by atoms with Gasteiger partial charge < -0.3 is 5.73 Å². The van der Waals surface area contributed by atoms with E-state index < -0.39 is 0 Å². The molecule has 1 aromatic rings. The molecule has 0 amide bonds. The molecule has 15 heavy (non-hydrogen) atoms. The monoisotopic (exact) mass is 223 g/mol. The fraction of sp³-hybridized carbons (Fsp3) is 0.538. The maximum atomic E-state index is 6.27. The van der Waals surface area contributed by atoms with Crippen LogP contribution in [0.15, 0.2) is 24.3 Å². The van der Waals surface area contributed by atoms with E-state index in [9.17, 15) is 0 Å². The van der Waals surface area contributed by atoms with Gasteiger partial charge in [0.25, 0.3) is 0 Å². The van der Waals surface area contributed by atoms with Gasteiger partial charge in [0.05, 0.1) is 0 Å². The summed E-state index contributed by atoms with van der Waals surface area (Å²) in [4.78, 5) is 0. The van der Waals surface area contributed by atoms with Gasteiger partial charge in [0.2, 0.25) is 0 Å². The molecular weight excluding hydrogens is 206 g/mol. The Labute approximate surface area is 96.6 Å². The van der Waals surface area contributed by atoms with Gasteiger partial charge in [-0.25, -0.2) is 0 Å². The molecule has 0 saturated heterocycles. The van der Waals surface area contributed by atoms with Gasteiger partial charge in [-0.1, -0.05) is 37.1 Å². The Kier molecular flexibility index (Phi) is 3.32. The number of rotatable bonds is 2. The largest absolute Gasteiger partial charge is 0.324 e. The lowest BCUT2D eigenvalue weighted by Crippen LogP contribution is -2.19. The first-order valence-corrected chi connectivity index (χ1v) is 6.05. The normalized spacial score (nSPS) is 27.9. The first-order valence-electron chi connectivity index (χ1n) is 5.68. The molecule has 2 N–H and O–H groups in total. The van der Waals surface area contributed by atoms with Crippen molar-refractivity contribution in [2.75, 3.05) is 0 Å². The highest BCUT2D eigenvalue weighted by Crippen LogP contribution is 2.37. The molecule has 3 unspecified atom stereocenters. The van der Waals surface area contributed by atoms with Crippen LogP contribution < -0.4 is 5.73 Å². The molecule has 0 spiro atoms. The molecule has 1 aliphatic rings. The number of hydrogen-bond donors (Lipinski definition) is 1. The number of benzene rings is 1. The predicted molar refractivity (Wildman–Crippen MR) is 64.9 cm³/mol. The first kappa shape index (κ1) is 11.0. The van der Waals surface area contributed by atoms with Crippen molar-refractivity contribution in [2.24, 2.45) is 17.6 Å². The Morgan fingerprint density at radius 2 is 1.93 bits per heavy atom. The first-order chi connectivity index (χ1) is 7.16. The highest BCUT2D eigenvalue weighted by Gasteiger charge is 2.27. The average molecular weight is 224 g/mol. The van der Waals surface area contributed by atoms with Gasteiger partial charge >= 0.3 is 0 Å². The summed E-state index contributed by atoms with van der Waals surface area (Å²) in [5, 5.41) is 0.783. The third-order valence-corrected chi connectivity index (χ3v) is 3.75. The van der Waals surface area contributed by atoms with Gasteiger partial charge in [0, 0.05) is 11.1 Å². The van der Waals surface area contributed by atoms with E-state index in [-0.39, 0.29) is 6.04 Å². The second kappa shape index (κ2) is 4.54. The minimum atomic E-state index is 0.187. The van der Waals surface area contributed by atoms with Crippen LogP contribution in [-0.4, -0.2) is 0 Å². The van der Waals surface area contributed by atoms with Crippen molar-refractivity contribution in [2.45, 2.75) is 32.2 Å². The van der Waals surface area contributed by atoms with Crippen molar-refractivity contribution in [1.82, 2.24) is 0 Å². The molecular formula is C13H18ClN. The van der Waals surface area contributed by atoms with Gasteiger partial charge in [0.1, 0.15) is 0 Å². The van der Waals surface area contributed by atoms with Crippen molar-refractivity contribution in [3.05, 3.63) is 34.9 Å². The molecule has 2 heteroatoms. The van der Waals surface area contributed by atoms with E-state index in [4.69, 9.17) is 17.3 Å². The zero-order chi connectivity index (χ0) is 10.8. The Bertz CT molecular complexity index is 320. The summed E-state index contributed by atoms with van der Waals surface area (Å²) in [5.74, 6) is 1.49. The standard InChI is InChI=1S/C13H18ClN/c1-9-2-3-11(8-9)13(15)10-4-6-12(14)7-5-10/h4-7,9,11,13H,2-3,8,15H2,1H3. The summed E-state index contributed by atoms with van der Waals surface area (Å²) >= 11 is 5.86. The van der Waals surface area contributed by atoms with Crippen molar-refractivity contribution in [1.29, 1.82) is 0 Å². The lowest BCUT2D eigenvalue weighted by atomic mass is 9.92. The van der Waals surface area contributed by atoms with E-state index in [2.05, 4.69) is 19.1 Å². The van der Waals surface area contributed by atoms with Gasteiger partial charge in [0.15, 0.2) is 0 Å².